The van der Waals surface area contributed by atoms with Crippen molar-refractivity contribution in [2.75, 3.05) is 19.0 Å². The van der Waals surface area contributed by atoms with Gasteiger partial charge in [0.05, 0.1) is 29.8 Å². The fourth-order valence-electron chi connectivity index (χ4n) is 1.35. The van der Waals surface area contributed by atoms with Crippen LogP contribution in [0.4, 0.5) is 5.69 Å². The Morgan fingerprint density at radius 3 is 2.72 bits per heavy atom. The van der Waals surface area contributed by atoms with Gasteiger partial charge < -0.3 is 14.8 Å². The fraction of sp³-hybridized carbons (Fsp3) is 0.462. The molecule has 0 spiro atoms. The van der Waals surface area contributed by atoms with Crippen LogP contribution in [0.2, 0.25) is 5.02 Å². The van der Waals surface area contributed by atoms with Crippen LogP contribution in [0.25, 0.3) is 0 Å². The van der Waals surface area contributed by atoms with Gasteiger partial charge in [0.25, 0.3) is 0 Å². The Hall–Kier alpha value is -1.26. The van der Waals surface area contributed by atoms with E-state index in [-0.39, 0.29) is 12.0 Å². The normalized spacial score (nSPS) is 10.5. The Kier molecular flexibility index (Phi) is 5.95. The zero-order valence-electron chi connectivity index (χ0n) is 10.8. The minimum absolute atomic E-state index is 0.0863. The zero-order valence-corrected chi connectivity index (χ0v) is 11.6. The number of hydrogen-bond donors (Lipinski definition) is 1. The standard InChI is InChI=1S/C13H18ClNO3/c1-9(2)18-10-4-5-12(11(14)8-10)15-13(16)6-7-17-3/h4-5,8-9H,6-7H2,1-3H3,(H,15,16). The van der Waals surface area contributed by atoms with Crippen LogP contribution in [0, 0.1) is 0 Å². The molecular weight excluding hydrogens is 254 g/mol. The van der Waals surface area contributed by atoms with E-state index in [0.29, 0.717) is 29.5 Å². The fourth-order valence-corrected chi connectivity index (χ4v) is 1.57. The monoisotopic (exact) mass is 271 g/mol. The van der Waals surface area contributed by atoms with Gasteiger partial charge >= 0.3 is 0 Å². The molecule has 1 aromatic carbocycles. The van der Waals surface area contributed by atoms with Crippen molar-refractivity contribution < 1.29 is 14.3 Å². The predicted molar refractivity (Wildman–Crippen MR) is 72.3 cm³/mol. The molecule has 4 nitrogen and oxygen atoms in total. The number of halogens is 1. The van der Waals surface area contributed by atoms with Crippen LogP contribution in [0.1, 0.15) is 20.3 Å². The second-order valence-corrected chi connectivity index (χ2v) is 4.51. The molecule has 0 aliphatic heterocycles. The Balaban J connectivity index is 2.64. The van der Waals surface area contributed by atoms with Crippen LogP contribution >= 0.6 is 11.6 Å². The third-order valence-corrected chi connectivity index (χ3v) is 2.43. The third kappa shape index (κ3) is 4.94. The van der Waals surface area contributed by atoms with Gasteiger partial charge in [0.1, 0.15) is 5.75 Å². The van der Waals surface area contributed by atoms with E-state index < -0.39 is 0 Å². The number of anilines is 1. The van der Waals surface area contributed by atoms with E-state index in [1.165, 1.54) is 0 Å². The summed E-state index contributed by atoms with van der Waals surface area (Å²) < 4.78 is 10.3. The maximum atomic E-state index is 11.5. The van der Waals surface area contributed by atoms with E-state index in [4.69, 9.17) is 21.1 Å². The van der Waals surface area contributed by atoms with Gasteiger partial charge in [-0.3, -0.25) is 4.79 Å². The van der Waals surface area contributed by atoms with Gasteiger partial charge in [-0.25, -0.2) is 0 Å². The highest BCUT2D eigenvalue weighted by molar-refractivity contribution is 6.33. The molecule has 0 atom stereocenters. The van der Waals surface area contributed by atoms with Gasteiger partial charge in [-0.05, 0) is 26.0 Å². The molecule has 0 unspecified atom stereocenters. The molecule has 1 N–H and O–H groups in total. The second-order valence-electron chi connectivity index (χ2n) is 4.10. The van der Waals surface area contributed by atoms with Crippen LogP contribution in [0.5, 0.6) is 5.75 Å². The van der Waals surface area contributed by atoms with E-state index in [2.05, 4.69) is 5.32 Å². The Labute approximate surface area is 112 Å². The quantitative estimate of drug-likeness (QED) is 0.865. The summed E-state index contributed by atoms with van der Waals surface area (Å²) in [6, 6.07) is 5.19. The molecular formula is C13H18ClNO3. The molecule has 0 aliphatic rings. The second kappa shape index (κ2) is 7.24. The summed E-state index contributed by atoms with van der Waals surface area (Å²) in [5.74, 6) is 0.557. The van der Waals surface area contributed by atoms with Crippen molar-refractivity contribution in [3.8, 4) is 5.75 Å². The Morgan fingerprint density at radius 1 is 1.44 bits per heavy atom. The first-order valence-corrected chi connectivity index (χ1v) is 6.15. The largest absolute Gasteiger partial charge is 0.491 e. The van der Waals surface area contributed by atoms with Gasteiger partial charge in [-0.1, -0.05) is 11.6 Å². The maximum absolute atomic E-state index is 11.5. The Bertz CT molecular complexity index is 407. The molecule has 0 saturated heterocycles. The maximum Gasteiger partial charge on any atom is 0.226 e. The van der Waals surface area contributed by atoms with E-state index in [1.54, 1.807) is 25.3 Å². The first-order valence-electron chi connectivity index (χ1n) is 5.78. The number of rotatable bonds is 6. The lowest BCUT2D eigenvalue weighted by molar-refractivity contribution is -0.117. The third-order valence-electron chi connectivity index (χ3n) is 2.12. The molecule has 5 heteroatoms. The number of ether oxygens (including phenoxy) is 2. The van der Waals surface area contributed by atoms with Gasteiger partial charge in [-0.2, -0.15) is 0 Å². The molecule has 0 heterocycles. The molecule has 0 aliphatic carbocycles. The predicted octanol–water partition coefficient (Wildman–Crippen LogP) is 3.10. The van der Waals surface area contributed by atoms with Crippen molar-refractivity contribution in [2.45, 2.75) is 26.4 Å². The molecule has 0 radical (unpaired) electrons. The number of benzene rings is 1. The summed E-state index contributed by atoms with van der Waals surface area (Å²) in [7, 11) is 1.55. The number of methoxy groups -OCH3 is 1. The number of amides is 1. The summed E-state index contributed by atoms with van der Waals surface area (Å²) in [5, 5.41) is 3.18. The average molecular weight is 272 g/mol. The summed E-state index contributed by atoms with van der Waals surface area (Å²) in [6.07, 6.45) is 0.389. The van der Waals surface area contributed by atoms with Gasteiger partial charge in [0, 0.05) is 13.2 Å². The molecule has 0 aromatic heterocycles. The minimum Gasteiger partial charge on any atom is -0.491 e. The molecule has 0 bridgehead atoms. The van der Waals surface area contributed by atoms with Crippen LogP contribution in [0.3, 0.4) is 0 Å². The molecule has 100 valence electrons. The van der Waals surface area contributed by atoms with Crippen molar-refractivity contribution >= 4 is 23.2 Å². The SMILES string of the molecule is COCCC(=O)Nc1ccc(OC(C)C)cc1Cl. The highest BCUT2D eigenvalue weighted by atomic mass is 35.5. The summed E-state index contributed by atoms with van der Waals surface area (Å²) in [4.78, 5) is 11.5. The van der Waals surface area contributed by atoms with E-state index >= 15 is 0 Å². The zero-order chi connectivity index (χ0) is 13.5. The van der Waals surface area contributed by atoms with E-state index in [0.717, 1.165) is 0 Å². The lowest BCUT2D eigenvalue weighted by atomic mass is 10.3. The van der Waals surface area contributed by atoms with Gasteiger partial charge in [0.2, 0.25) is 5.91 Å². The van der Waals surface area contributed by atoms with Crippen molar-refractivity contribution in [3.05, 3.63) is 23.2 Å². The highest BCUT2D eigenvalue weighted by Crippen LogP contribution is 2.27. The smallest absolute Gasteiger partial charge is 0.226 e. The van der Waals surface area contributed by atoms with Crippen LogP contribution in [-0.2, 0) is 9.53 Å². The van der Waals surface area contributed by atoms with Crippen molar-refractivity contribution in [3.63, 3.8) is 0 Å². The molecule has 1 amide bonds. The van der Waals surface area contributed by atoms with Gasteiger partial charge in [0.15, 0.2) is 0 Å². The van der Waals surface area contributed by atoms with Crippen molar-refractivity contribution in [1.29, 1.82) is 0 Å². The Morgan fingerprint density at radius 2 is 2.17 bits per heavy atom. The number of nitrogens with one attached hydrogen (secondary N) is 1. The van der Waals surface area contributed by atoms with Gasteiger partial charge in [-0.15, -0.1) is 0 Å². The molecule has 0 saturated carbocycles. The van der Waals surface area contributed by atoms with Crippen LogP contribution in [0.15, 0.2) is 18.2 Å². The number of carbonyl (C=O) groups is 1. The minimum atomic E-state index is -0.128. The first-order chi connectivity index (χ1) is 8.52. The average Bonchev–Trinajstić information content (AvgIpc) is 2.29. The topological polar surface area (TPSA) is 47.6 Å². The number of hydrogen-bond acceptors (Lipinski definition) is 3. The van der Waals surface area contributed by atoms with Crippen LogP contribution < -0.4 is 10.1 Å². The lowest BCUT2D eigenvalue weighted by Gasteiger charge is -2.12. The highest BCUT2D eigenvalue weighted by Gasteiger charge is 2.07. The van der Waals surface area contributed by atoms with Crippen LogP contribution in [-0.4, -0.2) is 25.7 Å². The van der Waals surface area contributed by atoms with E-state index in [9.17, 15) is 4.79 Å². The molecule has 1 rings (SSSR count). The number of carbonyl (C=O) groups excluding carboxylic acids is 1. The van der Waals surface area contributed by atoms with E-state index in [1.807, 2.05) is 13.8 Å². The molecule has 1 aromatic rings. The molecule has 0 fully saturated rings. The first kappa shape index (κ1) is 14.8. The van der Waals surface area contributed by atoms with Crippen molar-refractivity contribution in [1.82, 2.24) is 0 Å². The summed E-state index contributed by atoms with van der Waals surface area (Å²) >= 11 is 6.06. The summed E-state index contributed by atoms with van der Waals surface area (Å²) in [6.45, 7) is 4.26. The lowest BCUT2D eigenvalue weighted by Crippen LogP contribution is -2.14. The summed E-state index contributed by atoms with van der Waals surface area (Å²) in [5.41, 5.74) is 0.578. The molecule has 18 heavy (non-hydrogen) atoms. The van der Waals surface area contributed by atoms with Crippen molar-refractivity contribution in [2.24, 2.45) is 0 Å².